The van der Waals surface area contributed by atoms with Crippen molar-refractivity contribution in [3.63, 3.8) is 0 Å². The number of hydrogen-bond acceptors (Lipinski definition) is 1. The van der Waals surface area contributed by atoms with Crippen molar-refractivity contribution < 1.29 is 5.11 Å². The molecule has 4 rings (SSSR count). The smallest absolute Gasteiger partial charge is 0.0912 e. The molecule has 0 spiro atoms. The highest BCUT2D eigenvalue weighted by molar-refractivity contribution is 5.12. The van der Waals surface area contributed by atoms with E-state index >= 15 is 0 Å². The van der Waals surface area contributed by atoms with Crippen molar-refractivity contribution in [3.05, 3.63) is 12.3 Å². The number of allylic oxidation sites excluding steroid dienone is 1. The summed E-state index contributed by atoms with van der Waals surface area (Å²) >= 11 is 0. The van der Waals surface area contributed by atoms with Crippen LogP contribution in [0.5, 0.6) is 0 Å². The zero-order chi connectivity index (χ0) is 9.05. The van der Waals surface area contributed by atoms with E-state index in [1.54, 1.807) is 0 Å². The Balaban J connectivity index is 1.95. The zero-order valence-electron chi connectivity index (χ0n) is 8.13. The fourth-order valence-corrected chi connectivity index (χ4v) is 4.46. The molecule has 72 valence electrons. The molecule has 4 aliphatic rings. The molecule has 0 atom stereocenters. The van der Waals surface area contributed by atoms with Gasteiger partial charge in [-0.1, -0.05) is 6.58 Å². The van der Waals surface area contributed by atoms with Gasteiger partial charge in [0.2, 0.25) is 0 Å². The van der Waals surface area contributed by atoms with Gasteiger partial charge in [-0.05, 0) is 56.3 Å². The van der Waals surface area contributed by atoms with E-state index in [2.05, 4.69) is 6.58 Å². The highest BCUT2D eigenvalue weighted by Crippen LogP contribution is 2.61. The maximum absolute atomic E-state index is 9.72. The number of aliphatic hydroxyl groups is 1. The first-order valence-electron chi connectivity index (χ1n) is 5.56. The normalized spacial score (nSPS) is 52.5. The van der Waals surface area contributed by atoms with E-state index in [1.807, 2.05) is 0 Å². The Morgan fingerprint density at radius 2 is 1.38 bits per heavy atom. The lowest BCUT2D eigenvalue weighted by Gasteiger charge is -2.56. The Bertz CT molecular complexity index is 219. The van der Waals surface area contributed by atoms with Gasteiger partial charge in [-0.15, -0.1) is 0 Å². The lowest BCUT2D eigenvalue weighted by molar-refractivity contribution is -0.0500. The molecule has 0 aromatic rings. The second kappa shape index (κ2) is 2.31. The summed E-state index contributed by atoms with van der Waals surface area (Å²) in [5, 5.41) is 9.72. The molecular weight excluding hydrogens is 160 g/mol. The molecule has 0 aliphatic heterocycles. The monoisotopic (exact) mass is 178 g/mol. The maximum atomic E-state index is 9.72. The first-order chi connectivity index (χ1) is 6.18. The van der Waals surface area contributed by atoms with Crippen molar-refractivity contribution in [2.75, 3.05) is 0 Å². The molecular formula is C12H18O. The van der Waals surface area contributed by atoms with E-state index in [1.165, 1.54) is 38.5 Å². The van der Waals surface area contributed by atoms with Gasteiger partial charge < -0.3 is 5.11 Å². The number of aliphatic hydroxyl groups excluding tert-OH is 1. The van der Waals surface area contributed by atoms with Crippen molar-refractivity contribution in [2.45, 2.75) is 38.5 Å². The van der Waals surface area contributed by atoms with Gasteiger partial charge in [-0.2, -0.15) is 0 Å². The van der Waals surface area contributed by atoms with Crippen LogP contribution < -0.4 is 0 Å². The third-order valence-electron chi connectivity index (χ3n) is 4.65. The minimum Gasteiger partial charge on any atom is -0.512 e. The highest BCUT2D eigenvalue weighted by Gasteiger charge is 2.52. The Labute approximate surface area is 79.8 Å². The van der Waals surface area contributed by atoms with E-state index in [4.69, 9.17) is 0 Å². The summed E-state index contributed by atoms with van der Waals surface area (Å²) in [5.74, 6) is 3.23. The lowest BCUT2D eigenvalue weighted by atomic mass is 9.49. The predicted octanol–water partition coefficient (Wildman–Crippen LogP) is 3.27. The summed E-state index contributed by atoms with van der Waals surface area (Å²) in [4.78, 5) is 0. The molecule has 0 amide bonds. The van der Waals surface area contributed by atoms with E-state index in [-0.39, 0.29) is 5.41 Å². The second-order valence-corrected chi connectivity index (χ2v) is 5.64. The molecule has 0 aromatic heterocycles. The van der Waals surface area contributed by atoms with Gasteiger partial charge in [-0.3, -0.25) is 0 Å². The van der Waals surface area contributed by atoms with Gasteiger partial charge in [0.15, 0.2) is 0 Å². The second-order valence-electron chi connectivity index (χ2n) is 5.64. The van der Waals surface area contributed by atoms with Crippen LogP contribution in [0.25, 0.3) is 0 Å². The maximum Gasteiger partial charge on any atom is 0.0912 e. The van der Waals surface area contributed by atoms with Gasteiger partial charge in [0.1, 0.15) is 0 Å². The summed E-state index contributed by atoms with van der Waals surface area (Å²) < 4.78 is 0. The molecule has 0 aromatic carbocycles. The first-order valence-corrected chi connectivity index (χ1v) is 5.56. The Kier molecular flexibility index (Phi) is 1.41. The topological polar surface area (TPSA) is 20.2 Å². The summed E-state index contributed by atoms with van der Waals surface area (Å²) in [6.45, 7) is 3.80. The molecule has 4 aliphatic carbocycles. The van der Waals surface area contributed by atoms with Crippen LogP contribution >= 0.6 is 0 Å². The molecule has 1 heteroatoms. The van der Waals surface area contributed by atoms with Crippen LogP contribution in [-0.4, -0.2) is 5.11 Å². The van der Waals surface area contributed by atoms with E-state index in [0.29, 0.717) is 5.76 Å². The zero-order valence-corrected chi connectivity index (χ0v) is 8.13. The number of rotatable bonds is 1. The summed E-state index contributed by atoms with van der Waals surface area (Å²) in [6, 6.07) is 0. The minimum atomic E-state index is 0.161. The molecule has 4 bridgehead atoms. The molecule has 4 fully saturated rings. The third-order valence-corrected chi connectivity index (χ3v) is 4.65. The predicted molar refractivity (Wildman–Crippen MR) is 52.4 cm³/mol. The van der Waals surface area contributed by atoms with Crippen molar-refractivity contribution in [1.29, 1.82) is 0 Å². The average Bonchev–Trinajstić information content (AvgIpc) is 2.00. The van der Waals surface area contributed by atoms with Gasteiger partial charge in [0, 0.05) is 5.41 Å². The van der Waals surface area contributed by atoms with Gasteiger partial charge in [-0.25, -0.2) is 0 Å². The van der Waals surface area contributed by atoms with E-state index in [0.717, 1.165) is 17.8 Å². The molecule has 4 saturated carbocycles. The average molecular weight is 178 g/mol. The van der Waals surface area contributed by atoms with Crippen molar-refractivity contribution in [1.82, 2.24) is 0 Å². The van der Waals surface area contributed by atoms with Crippen molar-refractivity contribution in [3.8, 4) is 0 Å². The molecule has 0 saturated heterocycles. The quantitative estimate of drug-likeness (QED) is 0.611. The van der Waals surface area contributed by atoms with Crippen LogP contribution in [0.3, 0.4) is 0 Å². The van der Waals surface area contributed by atoms with Crippen molar-refractivity contribution in [2.24, 2.45) is 23.2 Å². The Morgan fingerprint density at radius 1 is 1.00 bits per heavy atom. The molecule has 1 nitrogen and oxygen atoms in total. The SMILES string of the molecule is C=C(O)C12CC3CC(CC(C3)C1)C2. The first kappa shape index (κ1) is 7.90. The molecule has 1 N–H and O–H groups in total. The van der Waals surface area contributed by atoms with Crippen LogP contribution in [0.4, 0.5) is 0 Å². The fourth-order valence-electron chi connectivity index (χ4n) is 4.46. The van der Waals surface area contributed by atoms with E-state index in [9.17, 15) is 5.11 Å². The van der Waals surface area contributed by atoms with Gasteiger partial charge >= 0.3 is 0 Å². The molecule has 0 heterocycles. The Morgan fingerprint density at radius 3 is 1.69 bits per heavy atom. The highest BCUT2D eigenvalue weighted by atomic mass is 16.3. The summed E-state index contributed by atoms with van der Waals surface area (Å²) in [5.41, 5.74) is 0.161. The summed E-state index contributed by atoms with van der Waals surface area (Å²) in [6.07, 6.45) is 8.00. The van der Waals surface area contributed by atoms with Crippen LogP contribution in [-0.2, 0) is 0 Å². The molecule has 13 heavy (non-hydrogen) atoms. The third kappa shape index (κ3) is 0.992. The fraction of sp³-hybridized carbons (Fsp3) is 0.833. The number of hydrogen-bond donors (Lipinski definition) is 1. The van der Waals surface area contributed by atoms with Crippen LogP contribution in [0, 0.1) is 23.2 Å². The van der Waals surface area contributed by atoms with Crippen molar-refractivity contribution >= 4 is 0 Å². The largest absolute Gasteiger partial charge is 0.512 e. The van der Waals surface area contributed by atoms with E-state index < -0.39 is 0 Å². The molecule has 0 unspecified atom stereocenters. The Hall–Kier alpha value is -0.460. The van der Waals surface area contributed by atoms with Gasteiger partial charge in [0.05, 0.1) is 5.76 Å². The summed E-state index contributed by atoms with van der Waals surface area (Å²) in [7, 11) is 0. The minimum absolute atomic E-state index is 0.161. The molecule has 0 radical (unpaired) electrons. The van der Waals surface area contributed by atoms with Crippen LogP contribution in [0.15, 0.2) is 12.3 Å². The lowest BCUT2D eigenvalue weighted by Crippen LogP contribution is -2.46. The van der Waals surface area contributed by atoms with Gasteiger partial charge in [0.25, 0.3) is 0 Å². The van der Waals surface area contributed by atoms with Crippen LogP contribution in [0.1, 0.15) is 38.5 Å². The standard InChI is InChI=1S/C12H18O/c1-8(13)12-5-9-2-10(6-12)4-11(3-9)7-12/h9-11,13H,1-7H2. The van der Waals surface area contributed by atoms with Crippen LogP contribution in [0.2, 0.25) is 0 Å².